The molecule has 2 N–H and O–H groups in total. The number of nitrogens with one attached hydrogen (secondary N) is 2. The van der Waals surface area contributed by atoms with Crippen LogP contribution in [0.4, 0.5) is 5.69 Å². The van der Waals surface area contributed by atoms with Crippen molar-refractivity contribution in [3.63, 3.8) is 0 Å². The van der Waals surface area contributed by atoms with Gasteiger partial charge in [0.25, 0.3) is 11.8 Å². The van der Waals surface area contributed by atoms with Gasteiger partial charge in [-0.25, -0.2) is 0 Å². The first-order valence-corrected chi connectivity index (χ1v) is 9.26. The van der Waals surface area contributed by atoms with Crippen LogP contribution >= 0.6 is 0 Å². The fourth-order valence-corrected chi connectivity index (χ4v) is 3.06. The summed E-state index contributed by atoms with van der Waals surface area (Å²) in [4.78, 5) is 24.9. The normalized spacial score (nSPS) is 10.4. The van der Waals surface area contributed by atoms with Crippen molar-refractivity contribution >= 4 is 17.5 Å². The molecule has 0 unspecified atom stereocenters. The summed E-state index contributed by atoms with van der Waals surface area (Å²) in [6.45, 7) is 6.42. The Bertz CT molecular complexity index is 987. The predicted octanol–water partition coefficient (Wildman–Crippen LogP) is 4.79. The van der Waals surface area contributed by atoms with Crippen LogP contribution < -0.4 is 10.6 Å². The fourth-order valence-electron chi connectivity index (χ4n) is 3.06. The molecule has 142 valence electrons. The van der Waals surface area contributed by atoms with E-state index in [1.54, 1.807) is 24.3 Å². The van der Waals surface area contributed by atoms with Gasteiger partial charge in [0.2, 0.25) is 0 Å². The first-order chi connectivity index (χ1) is 13.5. The third-order valence-corrected chi connectivity index (χ3v) is 4.83. The number of hydrogen-bond acceptors (Lipinski definition) is 2. The summed E-state index contributed by atoms with van der Waals surface area (Å²) >= 11 is 0. The molecule has 0 atom stereocenters. The summed E-state index contributed by atoms with van der Waals surface area (Å²) in [6.07, 6.45) is 0. The number of carbonyl (C=O) groups excluding carboxylic acids is 2. The Morgan fingerprint density at radius 3 is 1.82 bits per heavy atom. The number of carbonyl (C=O) groups is 2. The Labute approximate surface area is 165 Å². The van der Waals surface area contributed by atoms with Crippen LogP contribution in [0.25, 0.3) is 0 Å². The number of benzene rings is 3. The van der Waals surface area contributed by atoms with Crippen LogP contribution in [-0.4, -0.2) is 11.8 Å². The number of aryl methyl sites for hydroxylation is 3. The molecule has 0 bridgehead atoms. The number of anilines is 1. The number of rotatable bonds is 5. The minimum atomic E-state index is -0.190. The van der Waals surface area contributed by atoms with E-state index >= 15 is 0 Å². The summed E-state index contributed by atoms with van der Waals surface area (Å²) in [5.41, 5.74) is 6.12. The van der Waals surface area contributed by atoms with Gasteiger partial charge in [-0.2, -0.15) is 0 Å². The standard InChI is InChI=1S/C24H24N2O2/c1-16-7-4-5-10-21(16)15-25-23(27)19-11-13-20(14-12-19)24(28)26-22-17(2)8-6-9-18(22)3/h4-14H,15H2,1-3H3,(H,25,27)(H,26,28). The average molecular weight is 372 g/mol. The van der Waals surface area contributed by atoms with Gasteiger partial charge in [-0.3, -0.25) is 9.59 Å². The van der Waals surface area contributed by atoms with Crippen molar-refractivity contribution in [1.82, 2.24) is 5.32 Å². The van der Waals surface area contributed by atoms with Gasteiger partial charge in [0, 0.05) is 23.4 Å². The molecule has 0 radical (unpaired) electrons. The van der Waals surface area contributed by atoms with E-state index in [-0.39, 0.29) is 11.8 Å². The molecule has 0 aliphatic carbocycles. The third kappa shape index (κ3) is 4.46. The molecule has 4 heteroatoms. The van der Waals surface area contributed by atoms with Crippen molar-refractivity contribution < 1.29 is 9.59 Å². The van der Waals surface area contributed by atoms with Crippen LogP contribution in [0, 0.1) is 20.8 Å². The molecule has 0 heterocycles. The van der Waals surface area contributed by atoms with Gasteiger partial charge in [-0.15, -0.1) is 0 Å². The highest BCUT2D eigenvalue weighted by molar-refractivity contribution is 6.05. The third-order valence-electron chi connectivity index (χ3n) is 4.83. The highest BCUT2D eigenvalue weighted by Crippen LogP contribution is 2.20. The number of hydrogen-bond donors (Lipinski definition) is 2. The zero-order valence-electron chi connectivity index (χ0n) is 16.4. The van der Waals surface area contributed by atoms with Crippen LogP contribution in [0.1, 0.15) is 43.0 Å². The van der Waals surface area contributed by atoms with E-state index in [0.29, 0.717) is 17.7 Å². The summed E-state index contributed by atoms with van der Waals surface area (Å²) in [5.74, 6) is -0.353. The van der Waals surface area contributed by atoms with E-state index in [9.17, 15) is 9.59 Å². The summed E-state index contributed by atoms with van der Waals surface area (Å²) in [6, 6.07) is 20.5. The lowest BCUT2D eigenvalue weighted by molar-refractivity contribution is 0.0949. The summed E-state index contributed by atoms with van der Waals surface area (Å²) in [5, 5.41) is 5.88. The Morgan fingerprint density at radius 2 is 1.21 bits per heavy atom. The maximum Gasteiger partial charge on any atom is 0.255 e. The van der Waals surface area contributed by atoms with Crippen LogP contribution in [0.2, 0.25) is 0 Å². The van der Waals surface area contributed by atoms with E-state index < -0.39 is 0 Å². The van der Waals surface area contributed by atoms with E-state index in [4.69, 9.17) is 0 Å². The molecule has 0 aliphatic rings. The van der Waals surface area contributed by atoms with E-state index in [1.807, 2.05) is 63.2 Å². The van der Waals surface area contributed by atoms with E-state index in [2.05, 4.69) is 10.6 Å². The molecule has 3 rings (SSSR count). The van der Waals surface area contributed by atoms with Crippen molar-refractivity contribution in [1.29, 1.82) is 0 Å². The highest BCUT2D eigenvalue weighted by atomic mass is 16.2. The number of para-hydroxylation sites is 1. The topological polar surface area (TPSA) is 58.2 Å². The number of amides is 2. The molecule has 4 nitrogen and oxygen atoms in total. The van der Waals surface area contributed by atoms with Crippen molar-refractivity contribution in [2.24, 2.45) is 0 Å². The van der Waals surface area contributed by atoms with Gasteiger partial charge in [-0.1, -0.05) is 42.5 Å². The molecule has 0 fully saturated rings. The quantitative estimate of drug-likeness (QED) is 0.676. The predicted molar refractivity (Wildman–Crippen MR) is 113 cm³/mol. The second-order valence-corrected chi connectivity index (χ2v) is 6.91. The molecule has 3 aromatic rings. The molecule has 0 saturated carbocycles. The second kappa shape index (κ2) is 8.53. The van der Waals surface area contributed by atoms with Gasteiger partial charge < -0.3 is 10.6 Å². The van der Waals surface area contributed by atoms with Crippen LogP contribution in [0.3, 0.4) is 0 Å². The van der Waals surface area contributed by atoms with Crippen molar-refractivity contribution in [2.45, 2.75) is 27.3 Å². The van der Waals surface area contributed by atoms with E-state index in [0.717, 1.165) is 27.9 Å². The summed E-state index contributed by atoms with van der Waals surface area (Å²) < 4.78 is 0. The Balaban J connectivity index is 1.65. The Morgan fingerprint density at radius 1 is 0.679 bits per heavy atom. The first-order valence-electron chi connectivity index (χ1n) is 9.26. The molecule has 0 aliphatic heterocycles. The Hall–Kier alpha value is -3.40. The molecular formula is C24H24N2O2. The van der Waals surface area contributed by atoms with Gasteiger partial charge in [-0.05, 0) is 67.3 Å². The van der Waals surface area contributed by atoms with Crippen molar-refractivity contribution in [2.75, 3.05) is 5.32 Å². The van der Waals surface area contributed by atoms with Crippen LogP contribution in [0.5, 0.6) is 0 Å². The van der Waals surface area contributed by atoms with Crippen LogP contribution in [0.15, 0.2) is 66.7 Å². The zero-order valence-corrected chi connectivity index (χ0v) is 16.4. The minimum Gasteiger partial charge on any atom is -0.348 e. The lowest BCUT2D eigenvalue weighted by atomic mass is 10.1. The molecule has 2 amide bonds. The first kappa shape index (κ1) is 19.4. The fraction of sp³-hybridized carbons (Fsp3) is 0.167. The van der Waals surface area contributed by atoms with Gasteiger partial charge in [0.1, 0.15) is 0 Å². The SMILES string of the molecule is Cc1ccccc1CNC(=O)c1ccc(C(=O)Nc2c(C)cccc2C)cc1. The van der Waals surface area contributed by atoms with Gasteiger partial charge in [0.15, 0.2) is 0 Å². The lowest BCUT2D eigenvalue weighted by Crippen LogP contribution is -2.23. The zero-order chi connectivity index (χ0) is 20.1. The highest BCUT2D eigenvalue weighted by Gasteiger charge is 2.11. The van der Waals surface area contributed by atoms with Gasteiger partial charge >= 0.3 is 0 Å². The van der Waals surface area contributed by atoms with Crippen molar-refractivity contribution in [3.8, 4) is 0 Å². The molecule has 0 saturated heterocycles. The maximum atomic E-state index is 12.5. The minimum absolute atomic E-state index is 0.162. The molecule has 0 spiro atoms. The summed E-state index contributed by atoms with van der Waals surface area (Å²) in [7, 11) is 0. The second-order valence-electron chi connectivity index (χ2n) is 6.91. The largest absolute Gasteiger partial charge is 0.348 e. The van der Waals surface area contributed by atoms with Gasteiger partial charge in [0.05, 0.1) is 0 Å². The van der Waals surface area contributed by atoms with E-state index in [1.165, 1.54) is 0 Å². The Kier molecular flexibility index (Phi) is 5.90. The van der Waals surface area contributed by atoms with Crippen molar-refractivity contribution in [3.05, 3.63) is 100 Å². The van der Waals surface area contributed by atoms with Crippen LogP contribution in [-0.2, 0) is 6.54 Å². The monoisotopic (exact) mass is 372 g/mol. The smallest absolute Gasteiger partial charge is 0.255 e. The molecule has 3 aromatic carbocycles. The molecular weight excluding hydrogens is 348 g/mol. The lowest BCUT2D eigenvalue weighted by Gasteiger charge is -2.12. The molecule has 0 aromatic heterocycles. The molecule has 28 heavy (non-hydrogen) atoms. The average Bonchev–Trinajstić information content (AvgIpc) is 2.70. The maximum absolute atomic E-state index is 12.5.